The highest BCUT2D eigenvalue weighted by atomic mass is 16.4. The quantitative estimate of drug-likeness (QED) is 0.137. The van der Waals surface area contributed by atoms with Crippen molar-refractivity contribution < 1.29 is 30.9 Å². The fourth-order valence-corrected chi connectivity index (χ4v) is 13.9. The Morgan fingerprint density at radius 1 is 0.373 bits per heavy atom. The van der Waals surface area contributed by atoms with Gasteiger partial charge in [-0.05, 0) is 207 Å². The maximum Gasteiger partial charge on any atom is 0.192 e. The Labute approximate surface area is 646 Å². The van der Waals surface area contributed by atoms with Crippen molar-refractivity contribution in [2.45, 2.75) is 195 Å². The Bertz CT molecular complexity index is 4910. The molecule has 15 aromatic rings. The van der Waals surface area contributed by atoms with Gasteiger partial charge in [0.15, 0.2) is 52.1 Å². The molecule has 0 spiro atoms. The van der Waals surface area contributed by atoms with E-state index in [4.69, 9.17) is 30.9 Å². The molecule has 0 bridgehead atoms. The van der Waals surface area contributed by atoms with E-state index >= 15 is 0 Å². The minimum Gasteiger partial charge on any atom is -0.461 e. The van der Waals surface area contributed by atoms with E-state index < -0.39 is 0 Å². The topological polar surface area (TPSA) is 233 Å². The van der Waals surface area contributed by atoms with E-state index in [0.29, 0.717) is 5.89 Å². The van der Waals surface area contributed by atoms with Crippen LogP contribution < -0.4 is 0 Å². The van der Waals surface area contributed by atoms with E-state index in [2.05, 4.69) is 177 Å². The van der Waals surface area contributed by atoms with Gasteiger partial charge < -0.3 is 30.9 Å². The van der Waals surface area contributed by atoms with Crippen LogP contribution >= 0.6 is 0 Å². The van der Waals surface area contributed by atoms with Crippen molar-refractivity contribution in [1.29, 1.82) is 0 Å². The van der Waals surface area contributed by atoms with Crippen LogP contribution in [0.1, 0.15) is 173 Å². The van der Waals surface area contributed by atoms with Crippen LogP contribution in [0, 0.1) is 108 Å². The highest BCUT2D eigenvalue weighted by molar-refractivity contribution is 5.92. The molecular weight excluding hydrogens is 1380 g/mol. The zero-order chi connectivity index (χ0) is 78.4. The van der Waals surface area contributed by atoms with Gasteiger partial charge in [0.05, 0.1) is 46.7 Å². The van der Waals surface area contributed by atoms with Crippen LogP contribution in [0.25, 0.3) is 55.2 Å². The summed E-state index contributed by atoms with van der Waals surface area (Å²) in [6.07, 6.45) is 18.6. The zero-order valence-electron chi connectivity index (χ0n) is 68.1. The third-order valence-electron chi connectivity index (χ3n) is 19.4. The minimum absolute atomic E-state index is 0.687. The number of likely N-dealkylation sites (N-methyl/N-ethyl adjacent to an activating group) is 1. The monoisotopic (exact) mass is 1480 g/mol. The molecule has 3 aliphatic carbocycles. The average molecular weight is 1480 g/mol. The summed E-state index contributed by atoms with van der Waals surface area (Å²) in [4.78, 5) is 36.2. The molecule has 3 atom stereocenters. The van der Waals surface area contributed by atoms with Gasteiger partial charge in [-0.2, -0.15) is 10.2 Å². The largest absolute Gasteiger partial charge is 0.461 e. The molecule has 0 amide bonds. The number of nitrogens with zero attached hydrogens (tertiary/aromatic N) is 13. The molecule has 10 aromatic heterocycles. The first-order chi connectivity index (χ1) is 52.5. The number of oxazole rings is 6. The van der Waals surface area contributed by atoms with Crippen LogP contribution in [-0.2, 0) is 72.0 Å². The highest BCUT2D eigenvalue weighted by Gasteiger charge is 2.23. The lowest BCUT2D eigenvalue weighted by Gasteiger charge is -2.19. The summed E-state index contributed by atoms with van der Waals surface area (Å²) < 4.78 is 41.5. The summed E-state index contributed by atoms with van der Waals surface area (Å²) in [5.41, 5.74) is 24.6. The minimum atomic E-state index is 0.687. The smallest absolute Gasteiger partial charge is 0.192 e. The second-order valence-electron chi connectivity index (χ2n) is 30.5. The van der Waals surface area contributed by atoms with Crippen LogP contribution in [0.5, 0.6) is 0 Å². The van der Waals surface area contributed by atoms with Gasteiger partial charge in [0, 0.05) is 129 Å². The molecule has 110 heavy (non-hydrogen) atoms. The standard InChI is InChI=1S/C10H11N.C10H10O.C9H14N2.C9H10N2.C9H13NO.C9H9NO.C9H13NO.C9H9NO.C8H8N2O.C8H12N2O/c1-7-3-4-10-9(5-7)6-8(2)11-10;1-7-3-4-9-6-8(2)11-10(9)5-7;2*1-7-3-4-8-6-11(2)10-9(8)5-7;2*1-6-3-4-9-8(5-6)10-7(2)11-9;2*1-6-3-4-8-9(5-6)11-7(2)10-8;1-5-3-8-7(4-9-5)10-6(2)11-8;1-6-9-7-3-4-10(2)5-8(7)11-6/h3-5H,6H2,1-2H3;3-6H,1-2H3;6-7H,3-5H2,1-2H3;3-6H,1-2H3;6H,3-5H2,1-2H3;3-5H,1-2H3;6H,3-5H2,1-2H3;3-5H,1-2H3;3-4H,1-2H3;3-5H2,1-2H3. The molecule has 0 radical (unpaired) electrons. The molecular formula is C90H109N13O7. The second-order valence-corrected chi connectivity index (χ2v) is 30.5. The molecule has 0 N–H and O–H groups in total. The molecule has 0 saturated heterocycles. The first-order valence-electron chi connectivity index (χ1n) is 38.5. The average Bonchev–Trinajstić information content (AvgIpc) is 1.80. The maximum atomic E-state index is 5.47. The number of hydrogen-bond acceptors (Lipinski definition) is 18. The molecule has 3 unspecified atom stereocenters. The lowest BCUT2D eigenvalue weighted by Crippen LogP contribution is -2.25. The van der Waals surface area contributed by atoms with E-state index in [-0.39, 0.29) is 0 Å². The molecule has 20 rings (SSSR count). The molecule has 20 heteroatoms. The van der Waals surface area contributed by atoms with Crippen LogP contribution in [0.15, 0.2) is 158 Å². The molecule has 576 valence electrons. The Morgan fingerprint density at radius 2 is 0.900 bits per heavy atom. The van der Waals surface area contributed by atoms with Gasteiger partial charge in [0.1, 0.15) is 45.2 Å². The van der Waals surface area contributed by atoms with E-state index in [1.807, 2.05) is 141 Å². The first kappa shape index (κ1) is 80.2. The normalized spacial score (nSPS) is 15.6. The van der Waals surface area contributed by atoms with Gasteiger partial charge in [0.2, 0.25) is 0 Å². The van der Waals surface area contributed by atoms with Crippen LogP contribution in [0.3, 0.4) is 0 Å². The molecule has 5 aliphatic rings. The lowest BCUT2D eigenvalue weighted by atomic mass is 9.90. The maximum absolute atomic E-state index is 5.47. The third kappa shape index (κ3) is 22.6. The highest BCUT2D eigenvalue weighted by Crippen LogP contribution is 2.30. The number of benzene rings is 5. The summed E-state index contributed by atoms with van der Waals surface area (Å²) in [6.45, 7) is 36.5. The van der Waals surface area contributed by atoms with Crippen molar-refractivity contribution in [3.63, 3.8) is 0 Å². The number of furan rings is 1. The Kier molecular flexibility index (Phi) is 26.6. The van der Waals surface area contributed by atoms with Crippen LogP contribution in [0.2, 0.25) is 0 Å². The van der Waals surface area contributed by atoms with Crippen molar-refractivity contribution >= 4 is 66.6 Å². The van der Waals surface area contributed by atoms with Gasteiger partial charge in [-0.15, -0.1) is 0 Å². The molecule has 2 aliphatic heterocycles. The van der Waals surface area contributed by atoms with Gasteiger partial charge >= 0.3 is 0 Å². The third-order valence-corrected chi connectivity index (χ3v) is 19.4. The summed E-state index contributed by atoms with van der Waals surface area (Å²) in [6, 6.07) is 34.9. The fraction of sp³-hybridized carbons (Fsp3) is 0.400. The van der Waals surface area contributed by atoms with Gasteiger partial charge in [-0.3, -0.25) is 24.2 Å². The van der Waals surface area contributed by atoms with Crippen molar-refractivity contribution in [2.24, 2.45) is 36.8 Å². The lowest BCUT2D eigenvalue weighted by molar-refractivity contribution is 0.275. The van der Waals surface area contributed by atoms with E-state index in [0.717, 1.165) is 183 Å². The first-order valence-corrected chi connectivity index (χ1v) is 38.5. The van der Waals surface area contributed by atoms with Crippen LogP contribution in [0.4, 0.5) is 5.69 Å². The van der Waals surface area contributed by atoms with Gasteiger partial charge in [-0.1, -0.05) is 74.9 Å². The zero-order valence-corrected chi connectivity index (χ0v) is 68.1. The Morgan fingerprint density at radius 3 is 1.63 bits per heavy atom. The number of pyridine rings is 1. The van der Waals surface area contributed by atoms with Crippen molar-refractivity contribution in [3.8, 4) is 0 Å². The van der Waals surface area contributed by atoms with Gasteiger partial charge in [0.25, 0.3) is 0 Å². The van der Waals surface area contributed by atoms with E-state index in [1.54, 1.807) is 6.20 Å². The molecule has 0 fully saturated rings. The predicted octanol–water partition coefficient (Wildman–Crippen LogP) is 21.0. The number of aliphatic imine (C=N–C) groups is 1. The van der Waals surface area contributed by atoms with Crippen LogP contribution in [-0.4, -0.2) is 78.7 Å². The molecule has 5 aromatic carbocycles. The van der Waals surface area contributed by atoms with E-state index in [9.17, 15) is 0 Å². The second kappa shape index (κ2) is 36.6. The van der Waals surface area contributed by atoms with Crippen molar-refractivity contribution in [2.75, 3.05) is 13.6 Å². The number of aryl methyl sites for hydroxylation is 18. The number of rotatable bonds is 0. The predicted molar refractivity (Wildman–Crippen MR) is 438 cm³/mol. The fourth-order valence-electron chi connectivity index (χ4n) is 13.9. The molecule has 0 saturated carbocycles. The number of hydrogen-bond donors (Lipinski definition) is 0. The summed E-state index contributed by atoms with van der Waals surface area (Å²) in [7, 11) is 6.04. The van der Waals surface area contributed by atoms with Gasteiger partial charge in [-0.25, -0.2) is 29.9 Å². The van der Waals surface area contributed by atoms with E-state index in [1.165, 1.54) is 105 Å². The number of aromatic nitrogens is 11. The van der Waals surface area contributed by atoms with Crippen molar-refractivity contribution in [3.05, 3.63) is 248 Å². The summed E-state index contributed by atoms with van der Waals surface area (Å²) in [5.74, 6) is 11.3. The number of fused-ring (bicyclic) bond motifs is 10. The summed E-state index contributed by atoms with van der Waals surface area (Å²) >= 11 is 0. The van der Waals surface area contributed by atoms with Crippen molar-refractivity contribution in [1.82, 2.24) is 59.3 Å². The Hall–Kier alpha value is -10.9. The Balaban J connectivity index is 0.000000121. The molecule has 20 nitrogen and oxygen atoms in total. The molecule has 12 heterocycles. The summed E-state index contributed by atoms with van der Waals surface area (Å²) in [5, 5.41) is 11.1. The SMILES string of the molecule is CC1=Nc2ccc(C)cc2C1.CC1CCc2cn(C)nc2C1.Cc1cc2oc(C)nc2cn1.Cc1ccc2cc(C)oc2c1.Cc1ccc2cn(C)nc2c1.Cc1ccc2nc(C)oc2c1.Cc1ccc2oc(C)nc2c1.Cc1nc2c(o1)CC(C)CC2.Cc1nc2c(o1)CCC(C)C2.Cc1nc2c(o1)CN(C)CC2.